The van der Waals surface area contributed by atoms with Crippen LogP contribution >= 0.6 is 0 Å². The molecule has 1 aromatic heterocycles. The van der Waals surface area contributed by atoms with Gasteiger partial charge in [-0.25, -0.2) is 4.39 Å². The number of aromatic nitrogens is 2. The van der Waals surface area contributed by atoms with Gasteiger partial charge in [0.05, 0.1) is 6.54 Å². The maximum absolute atomic E-state index is 13.3. The zero-order valence-corrected chi connectivity index (χ0v) is 15.3. The Kier molecular flexibility index (Phi) is 5.98. The second-order valence-electron chi connectivity index (χ2n) is 6.77. The molecule has 2 aromatic rings. The monoisotopic (exact) mass is 360 g/mol. The third-order valence-corrected chi connectivity index (χ3v) is 4.84. The SMILES string of the molecule is CCN(Cc1cccc(F)c1)C(=O)CN1CCC(c2nc(C)no2)CC1. The second kappa shape index (κ2) is 8.40. The summed E-state index contributed by atoms with van der Waals surface area (Å²) in [6, 6.07) is 6.41. The van der Waals surface area contributed by atoms with Gasteiger partial charge in [-0.2, -0.15) is 4.98 Å². The first-order chi connectivity index (χ1) is 12.5. The smallest absolute Gasteiger partial charge is 0.237 e. The van der Waals surface area contributed by atoms with E-state index in [0.717, 1.165) is 31.5 Å². The van der Waals surface area contributed by atoms with Crippen molar-refractivity contribution in [1.82, 2.24) is 19.9 Å². The number of likely N-dealkylation sites (tertiary alicyclic amines) is 1. The van der Waals surface area contributed by atoms with E-state index >= 15 is 0 Å². The number of likely N-dealkylation sites (N-methyl/N-ethyl adjacent to an activating group) is 1. The molecule has 1 fully saturated rings. The van der Waals surface area contributed by atoms with E-state index in [4.69, 9.17) is 4.52 Å². The quantitative estimate of drug-likeness (QED) is 0.793. The van der Waals surface area contributed by atoms with Crippen LogP contribution in [0.5, 0.6) is 0 Å². The second-order valence-corrected chi connectivity index (χ2v) is 6.77. The highest BCUT2D eigenvalue weighted by Gasteiger charge is 2.26. The van der Waals surface area contributed by atoms with E-state index in [-0.39, 0.29) is 17.6 Å². The summed E-state index contributed by atoms with van der Waals surface area (Å²) in [5.74, 6) is 1.44. The first kappa shape index (κ1) is 18.5. The van der Waals surface area contributed by atoms with Gasteiger partial charge in [0.25, 0.3) is 0 Å². The predicted octanol–water partition coefficient (Wildman–Crippen LogP) is 2.75. The van der Waals surface area contributed by atoms with Crippen LogP contribution in [0, 0.1) is 12.7 Å². The van der Waals surface area contributed by atoms with Crippen LogP contribution in [0.15, 0.2) is 28.8 Å². The lowest BCUT2D eigenvalue weighted by Gasteiger charge is -2.31. The zero-order valence-electron chi connectivity index (χ0n) is 15.3. The van der Waals surface area contributed by atoms with Crippen molar-refractivity contribution in [2.75, 3.05) is 26.2 Å². The normalized spacial score (nSPS) is 16.0. The van der Waals surface area contributed by atoms with Crippen LogP contribution in [0.25, 0.3) is 0 Å². The Labute approximate surface area is 153 Å². The summed E-state index contributed by atoms with van der Waals surface area (Å²) in [7, 11) is 0. The number of amides is 1. The van der Waals surface area contributed by atoms with Crippen molar-refractivity contribution in [3.05, 3.63) is 47.4 Å². The molecule has 26 heavy (non-hydrogen) atoms. The summed E-state index contributed by atoms with van der Waals surface area (Å²) in [6.45, 7) is 6.85. The van der Waals surface area contributed by atoms with E-state index in [9.17, 15) is 9.18 Å². The van der Waals surface area contributed by atoms with E-state index in [1.54, 1.807) is 11.0 Å². The Hall–Kier alpha value is -2.28. The van der Waals surface area contributed by atoms with Crippen LogP contribution < -0.4 is 0 Å². The number of piperidine rings is 1. The van der Waals surface area contributed by atoms with Crippen molar-refractivity contribution in [3.8, 4) is 0 Å². The molecule has 0 spiro atoms. The number of hydrogen-bond acceptors (Lipinski definition) is 5. The summed E-state index contributed by atoms with van der Waals surface area (Å²) < 4.78 is 18.6. The number of aryl methyl sites for hydroxylation is 1. The Morgan fingerprint density at radius 1 is 1.38 bits per heavy atom. The Balaban J connectivity index is 1.51. The van der Waals surface area contributed by atoms with Crippen molar-refractivity contribution < 1.29 is 13.7 Å². The first-order valence-corrected chi connectivity index (χ1v) is 9.10. The molecule has 0 aliphatic carbocycles. The number of halogens is 1. The molecule has 0 unspecified atom stereocenters. The lowest BCUT2D eigenvalue weighted by atomic mass is 9.97. The molecule has 0 N–H and O–H groups in total. The van der Waals surface area contributed by atoms with Gasteiger partial charge in [0.15, 0.2) is 5.82 Å². The van der Waals surface area contributed by atoms with E-state index in [1.807, 2.05) is 19.9 Å². The molecule has 3 rings (SSSR count). The number of carbonyl (C=O) groups is 1. The van der Waals surface area contributed by atoms with E-state index in [0.29, 0.717) is 31.3 Å². The van der Waals surface area contributed by atoms with Crippen molar-refractivity contribution in [2.45, 2.75) is 39.2 Å². The van der Waals surface area contributed by atoms with Crippen molar-refractivity contribution in [3.63, 3.8) is 0 Å². The topological polar surface area (TPSA) is 62.5 Å². The molecule has 1 aliphatic rings. The highest BCUT2D eigenvalue weighted by molar-refractivity contribution is 5.78. The van der Waals surface area contributed by atoms with Crippen LogP contribution in [0.2, 0.25) is 0 Å². The third kappa shape index (κ3) is 4.66. The molecule has 1 aromatic carbocycles. The fourth-order valence-electron chi connectivity index (χ4n) is 3.34. The van der Waals surface area contributed by atoms with Crippen LogP contribution in [-0.4, -0.2) is 52.0 Å². The lowest BCUT2D eigenvalue weighted by Crippen LogP contribution is -2.43. The predicted molar refractivity (Wildman–Crippen MR) is 94.9 cm³/mol. The minimum absolute atomic E-state index is 0.0730. The molecule has 1 aliphatic heterocycles. The summed E-state index contributed by atoms with van der Waals surface area (Å²) in [4.78, 5) is 20.9. The zero-order chi connectivity index (χ0) is 18.5. The van der Waals surface area contributed by atoms with Gasteiger partial charge in [0.2, 0.25) is 11.8 Å². The van der Waals surface area contributed by atoms with Crippen molar-refractivity contribution >= 4 is 5.91 Å². The van der Waals surface area contributed by atoms with Gasteiger partial charge in [-0.05, 0) is 57.5 Å². The van der Waals surface area contributed by atoms with Crippen LogP contribution in [0.4, 0.5) is 4.39 Å². The van der Waals surface area contributed by atoms with Gasteiger partial charge in [0, 0.05) is 19.0 Å². The van der Waals surface area contributed by atoms with Crippen molar-refractivity contribution in [1.29, 1.82) is 0 Å². The summed E-state index contributed by atoms with van der Waals surface area (Å²) in [6.07, 6.45) is 1.82. The summed E-state index contributed by atoms with van der Waals surface area (Å²) in [5.41, 5.74) is 0.811. The highest BCUT2D eigenvalue weighted by Crippen LogP contribution is 2.26. The third-order valence-electron chi connectivity index (χ3n) is 4.84. The van der Waals surface area contributed by atoms with Crippen LogP contribution in [0.3, 0.4) is 0 Å². The number of nitrogens with zero attached hydrogens (tertiary/aromatic N) is 4. The van der Waals surface area contributed by atoms with Crippen LogP contribution in [0.1, 0.15) is 43.0 Å². The lowest BCUT2D eigenvalue weighted by molar-refractivity contribution is -0.133. The average Bonchev–Trinajstić information content (AvgIpc) is 3.06. The molecule has 0 bridgehead atoms. The number of benzene rings is 1. The number of rotatable bonds is 6. The van der Waals surface area contributed by atoms with Crippen LogP contribution in [-0.2, 0) is 11.3 Å². The highest BCUT2D eigenvalue weighted by atomic mass is 19.1. The maximum Gasteiger partial charge on any atom is 0.237 e. The van der Waals surface area contributed by atoms with Gasteiger partial charge >= 0.3 is 0 Å². The number of hydrogen-bond donors (Lipinski definition) is 0. The first-order valence-electron chi connectivity index (χ1n) is 9.10. The Morgan fingerprint density at radius 3 is 2.77 bits per heavy atom. The molecular weight excluding hydrogens is 335 g/mol. The van der Waals surface area contributed by atoms with Crippen molar-refractivity contribution in [2.24, 2.45) is 0 Å². The molecule has 7 heteroatoms. The molecule has 1 amide bonds. The molecular formula is C19H25FN4O2. The fourth-order valence-corrected chi connectivity index (χ4v) is 3.34. The van der Waals surface area contributed by atoms with Gasteiger partial charge < -0.3 is 9.42 Å². The average molecular weight is 360 g/mol. The molecule has 0 radical (unpaired) electrons. The van der Waals surface area contributed by atoms with E-state index in [2.05, 4.69) is 15.0 Å². The van der Waals surface area contributed by atoms with Gasteiger partial charge in [-0.3, -0.25) is 9.69 Å². The largest absolute Gasteiger partial charge is 0.339 e. The molecule has 1 saturated heterocycles. The molecule has 6 nitrogen and oxygen atoms in total. The summed E-state index contributed by atoms with van der Waals surface area (Å²) in [5, 5.41) is 3.85. The minimum Gasteiger partial charge on any atom is -0.339 e. The molecule has 0 saturated carbocycles. The number of carbonyl (C=O) groups excluding carboxylic acids is 1. The Bertz CT molecular complexity index is 741. The van der Waals surface area contributed by atoms with E-state index in [1.165, 1.54) is 12.1 Å². The van der Waals surface area contributed by atoms with E-state index < -0.39 is 0 Å². The standard InChI is InChI=1S/C19H25FN4O2/c1-3-24(12-15-5-4-6-17(20)11-15)18(25)13-23-9-7-16(8-10-23)19-21-14(2)22-26-19/h4-6,11,16H,3,7-10,12-13H2,1-2H3. The minimum atomic E-state index is -0.274. The van der Waals surface area contributed by atoms with Gasteiger partial charge in [-0.15, -0.1) is 0 Å². The fraction of sp³-hybridized carbons (Fsp3) is 0.526. The molecule has 140 valence electrons. The van der Waals surface area contributed by atoms with Gasteiger partial charge in [0.1, 0.15) is 5.82 Å². The molecule has 2 heterocycles. The maximum atomic E-state index is 13.3. The summed E-state index contributed by atoms with van der Waals surface area (Å²) >= 11 is 0. The van der Waals surface area contributed by atoms with Gasteiger partial charge in [-0.1, -0.05) is 17.3 Å². The molecule has 0 atom stereocenters. The Morgan fingerprint density at radius 2 is 2.15 bits per heavy atom.